The van der Waals surface area contributed by atoms with Crippen molar-refractivity contribution in [2.75, 3.05) is 16.7 Å². The van der Waals surface area contributed by atoms with Crippen molar-refractivity contribution in [2.45, 2.75) is 6.92 Å². The zero-order valence-corrected chi connectivity index (χ0v) is 11.9. The van der Waals surface area contributed by atoms with Crippen molar-refractivity contribution in [2.24, 2.45) is 5.18 Å². The number of nitrogens with zero attached hydrogens (tertiary/aromatic N) is 3. The summed E-state index contributed by atoms with van der Waals surface area (Å²) in [4.78, 5) is 31.9. The van der Waals surface area contributed by atoms with Gasteiger partial charge in [-0.05, 0) is 30.3 Å². The maximum absolute atomic E-state index is 10.8. The Hall–Kier alpha value is -3.11. The molecule has 3 N–H and O–H groups in total. The molecule has 0 radical (unpaired) electrons. The van der Waals surface area contributed by atoms with Crippen LogP contribution in [0, 0.1) is 4.91 Å². The molecule has 10 heteroatoms. The lowest BCUT2D eigenvalue weighted by Gasteiger charge is -2.20. The van der Waals surface area contributed by atoms with Gasteiger partial charge in [-0.25, -0.2) is 10.3 Å². The molecule has 0 bridgehead atoms. The van der Waals surface area contributed by atoms with Gasteiger partial charge in [0.2, 0.25) is 11.6 Å². The monoisotopic (exact) mass is 320 g/mol. The fourth-order valence-corrected chi connectivity index (χ4v) is 2.18. The summed E-state index contributed by atoms with van der Waals surface area (Å²) in [6.07, 6.45) is 1.60. The van der Waals surface area contributed by atoms with Gasteiger partial charge in [-0.1, -0.05) is 0 Å². The molecule has 0 spiro atoms. The van der Waals surface area contributed by atoms with Crippen LogP contribution in [0.25, 0.3) is 0 Å². The minimum absolute atomic E-state index is 0.0497. The molecule has 0 fully saturated rings. The summed E-state index contributed by atoms with van der Waals surface area (Å²) in [6.45, 7) is 1.09. The molecule has 0 aromatic heterocycles. The molecule has 0 atom stereocenters. The van der Waals surface area contributed by atoms with E-state index in [2.05, 4.69) is 10.7 Å². The van der Waals surface area contributed by atoms with Crippen molar-refractivity contribution in [3.8, 4) is 0 Å². The number of nitrogens with one attached hydrogen (secondary N) is 1. The molecule has 0 aliphatic carbocycles. The van der Waals surface area contributed by atoms with Gasteiger partial charge in [-0.2, -0.15) is 10.1 Å². The summed E-state index contributed by atoms with van der Waals surface area (Å²) in [5.74, 6) is -0.935. The Morgan fingerprint density at radius 2 is 2.22 bits per heavy atom. The molecule has 1 aromatic rings. The third-order valence-electron chi connectivity index (χ3n) is 3.11. The van der Waals surface area contributed by atoms with E-state index >= 15 is 0 Å². The first kappa shape index (κ1) is 14.8. The Kier molecular flexibility index (Phi) is 3.60. The zero-order chi connectivity index (χ0) is 16.6. The van der Waals surface area contributed by atoms with Crippen molar-refractivity contribution >= 4 is 23.0 Å². The van der Waals surface area contributed by atoms with Gasteiger partial charge >= 0.3 is 5.97 Å². The summed E-state index contributed by atoms with van der Waals surface area (Å²) < 4.78 is 0. The van der Waals surface area contributed by atoms with E-state index < -0.39 is 12.6 Å². The average Bonchev–Trinajstić information content (AvgIpc) is 3.06. The lowest BCUT2D eigenvalue weighted by atomic mass is 10.2. The minimum atomic E-state index is -1.20. The second-order valence-corrected chi connectivity index (χ2v) is 4.76. The standard InChI is InChI=1S/C13H12N4O6/c1-7-4-11(23-15-7)13-16(21)9-3-2-8(14-20)5-10(9)17(13)22-6-12(18)19/h2-5,15,21H,6H2,1H3,(H,18,19)/b13-11+. The molecule has 10 nitrogen and oxygen atoms in total. The number of hydrogen-bond donors (Lipinski definition) is 3. The van der Waals surface area contributed by atoms with Crippen molar-refractivity contribution < 1.29 is 24.8 Å². The lowest BCUT2D eigenvalue weighted by Crippen LogP contribution is -2.30. The van der Waals surface area contributed by atoms with E-state index in [-0.39, 0.29) is 28.6 Å². The van der Waals surface area contributed by atoms with E-state index in [4.69, 9.17) is 14.8 Å². The third-order valence-corrected chi connectivity index (χ3v) is 3.11. The van der Waals surface area contributed by atoms with Gasteiger partial charge in [0.05, 0.1) is 5.69 Å². The zero-order valence-electron chi connectivity index (χ0n) is 11.9. The molecule has 1 aromatic carbocycles. The highest BCUT2D eigenvalue weighted by atomic mass is 16.7. The van der Waals surface area contributed by atoms with Crippen molar-refractivity contribution in [1.29, 1.82) is 0 Å². The Morgan fingerprint density at radius 3 is 2.83 bits per heavy atom. The van der Waals surface area contributed by atoms with E-state index in [0.717, 1.165) is 10.1 Å². The quantitative estimate of drug-likeness (QED) is 0.711. The van der Waals surface area contributed by atoms with Gasteiger partial charge in [0.1, 0.15) is 11.4 Å². The maximum Gasteiger partial charge on any atom is 0.332 e. The number of hydroxylamine groups is 3. The van der Waals surface area contributed by atoms with Gasteiger partial charge in [0.25, 0.3) is 0 Å². The van der Waals surface area contributed by atoms with Crippen LogP contribution in [-0.2, 0) is 14.5 Å². The Labute approximate surface area is 129 Å². The topological polar surface area (TPSA) is 124 Å². The largest absolute Gasteiger partial charge is 0.479 e. The number of fused-ring (bicyclic) bond motifs is 1. The molecule has 3 rings (SSSR count). The number of benzene rings is 1. The molecular weight excluding hydrogens is 308 g/mol. The van der Waals surface area contributed by atoms with Crippen LogP contribution < -0.4 is 15.6 Å². The summed E-state index contributed by atoms with van der Waals surface area (Å²) in [5.41, 5.74) is 3.93. The second-order valence-electron chi connectivity index (χ2n) is 4.76. The average molecular weight is 320 g/mol. The molecule has 23 heavy (non-hydrogen) atoms. The molecule has 120 valence electrons. The van der Waals surface area contributed by atoms with E-state index in [0.29, 0.717) is 5.70 Å². The SMILES string of the molecule is CC1=C/C(=C2/N(O)c3ccc(N=O)cc3N2OCC(=O)O)ON1. The van der Waals surface area contributed by atoms with Crippen LogP contribution in [0.1, 0.15) is 6.92 Å². The Morgan fingerprint density at radius 1 is 1.43 bits per heavy atom. The first-order chi connectivity index (χ1) is 11.0. The first-order valence-electron chi connectivity index (χ1n) is 6.48. The molecule has 2 aliphatic heterocycles. The van der Waals surface area contributed by atoms with Crippen molar-refractivity contribution in [1.82, 2.24) is 5.48 Å². The number of nitroso groups, excluding NO2 is 1. The summed E-state index contributed by atoms with van der Waals surface area (Å²) in [7, 11) is 0. The molecule has 2 heterocycles. The van der Waals surface area contributed by atoms with E-state index in [1.807, 2.05) is 0 Å². The molecular formula is C13H12N4O6. The van der Waals surface area contributed by atoms with Gasteiger partial charge < -0.3 is 9.94 Å². The maximum atomic E-state index is 10.8. The number of carboxylic acids is 1. The minimum Gasteiger partial charge on any atom is -0.479 e. The number of rotatable bonds is 4. The number of aliphatic carboxylic acids is 1. The predicted octanol–water partition coefficient (Wildman–Crippen LogP) is 1.72. The van der Waals surface area contributed by atoms with Crippen molar-refractivity contribution in [3.05, 3.63) is 46.5 Å². The lowest BCUT2D eigenvalue weighted by molar-refractivity contribution is -0.142. The Bertz CT molecular complexity index is 744. The summed E-state index contributed by atoms with van der Waals surface area (Å²) in [6, 6.07) is 4.22. The molecule has 0 unspecified atom stereocenters. The smallest absolute Gasteiger partial charge is 0.332 e. The second kappa shape index (κ2) is 5.59. The highest BCUT2D eigenvalue weighted by Gasteiger charge is 2.37. The molecule has 2 aliphatic rings. The van der Waals surface area contributed by atoms with E-state index in [1.54, 1.807) is 13.0 Å². The highest BCUT2D eigenvalue weighted by molar-refractivity contribution is 5.83. The Balaban J connectivity index is 2.09. The molecule has 0 saturated carbocycles. The van der Waals surface area contributed by atoms with E-state index in [1.165, 1.54) is 18.2 Å². The summed E-state index contributed by atoms with van der Waals surface area (Å²) >= 11 is 0. The fraction of sp³-hybridized carbons (Fsp3) is 0.154. The van der Waals surface area contributed by atoms with Crippen LogP contribution in [0.15, 0.2) is 46.7 Å². The van der Waals surface area contributed by atoms with Gasteiger partial charge in [-0.15, -0.1) is 4.91 Å². The third kappa shape index (κ3) is 2.56. The van der Waals surface area contributed by atoms with Crippen LogP contribution in [0.5, 0.6) is 0 Å². The van der Waals surface area contributed by atoms with Gasteiger partial charge in [0.15, 0.2) is 6.61 Å². The first-order valence-corrected chi connectivity index (χ1v) is 6.48. The van der Waals surface area contributed by atoms with Gasteiger partial charge in [-0.3, -0.25) is 10.0 Å². The van der Waals surface area contributed by atoms with Crippen LogP contribution in [0.2, 0.25) is 0 Å². The normalized spacial score (nSPS) is 19.1. The number of carboxylic acid groups (broad SMARTS) is 1. The molecule has 0 amide bonds. The van der Waals surface area contributed by atoms with Crippen LogP contribution in [0.3, 0.4) is 0 Å². The highest BCUT2D eigenvalue weighted by Crippen LogP contribution is 2.44. The molecule has 0 saturated heterocycles. The van der Waals surface area contributed by atoms with Crippen molar-refractivity contribution in [3.63, 3.8) is 0 Å². The number of carbonyl (C=O) groups is 1. The number of anilines is 2. The van der Waals surface area contributed by atoms with Crippen LogP contribution in [0.4, 0.5) is 17.1 Å². The van der Waals surface area contributed by atoms with Crippen LogP contribution in [-0.4, -0.2) is 22.9 Å². The fourth-order valence-electron chi connectivity index (χ4n) is 2.18. The predicted molar refractivity (Wildman–Crippen MR) is 77.2 cm³/mol. The summed E-state index contributed by atoms with van der Waals surface area (Å²) in [5, 5.41) is 23.8. The number of allylic oxidation sites excluding steroid dienone is 2. The number of hydrogen-bond acceptors (Lipinski definition) is 9. The van der Waals surface area contributed by atoms with E-state index in [9.17, 15) is 14.9 Å². The van der Waals surface area contributed by atoms with Gasteiger partial charge in [0, 0.05) is 11.8 Å². The van der Waals surface area contributed by atoms with Crippen LogP contribution >= 0.6 is 0 Å².